The molecule has 0 saturated heterocycles. The Morgan fingerprint density at radius 2 is 2.15 bits per heavy atom. The molecule has 0 aliphatic carbocycles. The molecule has 1 nitrogen and oxygen atoms in total. The van der Waals surface area contributed by atoms with Gasteiger partial charge in [-0.1, -0.05) is 11.6 Å². The Hall–Kier alpha value is -0.220. The summed E-state index contributed by atoms with van der Waals surface area (Å²) in [6.45, 7) is 0.0822. The van der Waals surface area contributed by atoms with Crippen LogP contribution in [0.2, 0.25) is 5.02 Å². The molecule has 0 aliphatic heterocycles. The predicted octanol–water partition coefficient (Wildman–Crippen LogP) is 3.34. The standard InChI is InChI=1S/C9H7ClOS2/c10-7-2-5-1-6(4-11)13-9(5)3-8(7)12/h1-3,11-12H,4H2. The summed E-state index contributed by atoms with van der Waals surface area (Å²) in [5.41, 5.74) is 0. The molecule has 13 heavy (non-hydrogen) atoms. The van der Waals surface area contributed by atoms with E-state index in [2.05, 4.69) is 12.6 Å². The van der Waals surface area contributed by atoms with Crippen molar-refractivity contribution in [1.82, 2.24) is 0 Å². The molecular weight excluding hydrogens is 224 g/mol. The largest absolute Gasteiger partial charge is 0.391 e. The number of hydrogen-bond donors (Lipinski definition) is 2. The first-order chi connectivity index (χ1) is 6.20. The van der Waals surface area contributed by atoms with Gasteiger partial charge >= 0.3 is 0 Å². The van der Waals surface area contributed by atoms with Crippen molar-refractivity contribution in [3.8, 4) is 0 Å². The molecule has 0 amide bonds. The Morgan fingerprint density at radius 1 is 1.38 bits per heavy atom. The first kappa shape index (κ1) is 9.34. The zero-order valence-electron chi connectivity index (χ0n) is 6.62. The highest BCUT2D eigenvalue weighted by molar-refractivity contribution is 7.80. The number of thiophene rings is 1. The van der Waals surface area contributed by atoms with Gasteiger partial charge in [0.1, 0.15) is 0 Å². The predicted molar refractivity (Wildman–Crippen MR) is 60.0 cm³/mol. The van der Waals surface area contributed by atoms with Crippen LogP contribution in [0.3, 0.4) is 0 Å². The fourth-order valence-corrected chi connectivity index (χ4v) is 2.58. The molecule has 0 spiro atoms. The molecule has 2 aromatic rings. The van der Waals surface area contributed by atoms with Gasteiger partial charge in [0, 0.05) is 14.5 Å². The van der Waals surface area contributed by atoms with Crippen LogP contribution in [0.15, 0.2) is 23.1 Å². The number of benzene rings is 1. The van der Waals surface area contributed by atoms with E-state index >= 15 is 0 Å². The first-order valence-corrected chi connectivity index (χ1v) is 5.36. The highest BCUT2D eigenvalue weighted by atomic mass is 35.5. The summed E-state index contributed by atoms with van der Waals surface area (Å²) in [5, 5.41) is 10.7. The van der Waals surface area contributed by atoms with Crippen molar-refractivity contribution in [2.75, 3.05) is 0 Å². The minimum absolute atomic E-state index is 0.0822. The molecule has 0 atom stereocenters. The fraction of sp³-hybridized carbons (Fsp3) is 0.111. The van der Waals surface area contributed by atoms with Gasteiger partial charge in [0.15, 0.2) is 0 Å². The lowest BCUT2D eigenvalue weighted by molar-refractivity contribution is 0.285. The maximum absolute atomic E-state index is 8.94. The van der Waals surface area contributed by atoms with Crippen LogP contribution in [0.4, 0.5) is 0 Å². The second-order valence-corrected chi connectivity index (χ2v) is 4.77. The Balaban J connectivity index is 2.70. The van der Waals surface area contributed by atoms with E-state index in [1.165, 1.54) is 0 Å². The number of rotatable bonds is 1. The Kier molecular flexibility index (Phi) is 2.51. The smallest absolute Gasteiger partial charge is 0.0774 e. The molecule has 1 heterocycles. The van der Waals surface area contributed by atoms with Crippen LogP contribution < -0.4 is 0 Å². The first-order valence-electron chi connectivity index (χ1n) is 3.72. The van der Waals surface area contributed by atoms with Gasteiger partial charge in [-0.25, -0.2) is 0 Å². The van der Waals surface area contributed by atoms with Gasteiger partial charge < -0.3 is 5.11 Å². The van der Waals surface area contributed by atoms with Crippen LogP contribution in [0, 0.1) is 0 Å². The summed E-state index contributed by atoms with van der Waals surface area (Å²) in [4.78, 5) is 1.73. The Morgan fingerprint density at radius 3 is 2.85 bits per heavy atom. The number of halogens is 1. The van der Waals surface area contributed by atoms with Crippen LogP contribution in [-0.2, 0) is 6.61 Å². The van der Waals surface area contributed by atoms with E-state index in [9.17, 15) is 0 Å². The van der Waals surface area contributed by atoms with Gasteiger partial charge in [-0.3, -0.25) is 0 Å². The van der Waals surface area contributed by atoms with Crippen molar-refractivity contribution in [3.05, 3.63) is 28.1 Å². The van der Waals surface area contributed by atoms with Crippen LogP contribution in [0.25, 0.3) is 10.1 Å². The lowest BCUT2D eigenvalue weighted by atomic mass is 10.2. The van der Waals surface area contributed by atoms with Gasteiger partial charge in [0.05, 0.1) is 11.6 Å². The highest BCUT2D eigenvalue weighted by Crippen LogP contribution is 2.32. The molecule has 4 heteroatoms. The van der Waals surface area contributed by atoms with Gasteiger partial charge in [-0.2, -0.15) is 0 Å². The van der Waals surface area contributed by atoms with Gasteiger partial charge in [0.2, 0.25) is 0 Å². The van der Waals surface area contributed by atoms with E-state index in [0.717, 1.165) is 19.9 Å². The van der Waals surface area contributed by atoms with Crippen LogP contribution in [0.1, 0.15) is 4.88 Å². The quantitative estimate of drug-likeness (QED) is 0.720. The average Bonchev–Trinajstić information content (AvgIpc) is 2.48. The minimum atomic E-state index is 0.0822. The van der Waals surface area contributed by atoms with E-state index in [0.29, 0.717) is 5.02 Å². The van der Waals surface area contributed by atoms with Gasteiger partial charge in [-0.05, 0) is 23.6 Å². The van der Waals surface area contributed by atoms with Crippen molar-refractivity contribution in [2.45, 2.75) is 11.5 Å². The normalized spacial score (nSPS) is 11.0. The van der Waals surface area contributed by atoms with E-state index in [1.807, 2.05) is 18.2 Å². The third kappa shape index (κ3) is 1.70. The summed E-state index contributed by atoms with van der Waals surface area (Å²) in [7, 11) is 0. The Labute approximate surface area is 90.4 Å². The Bertz CT molecular complexity index is 411. The summed E-state index contributed by atoms with van der Waals surface area (Å²) < 4.78 is 1.11. The summed E-state index contributed by atoms with van der Waals surface area (Å²) in [5.74, 6) is 0. The van der Waals surface area contributed by atoms with E-state index in [1.54, 1.807) is 11.3 Å². The molecule has 1 aromatic carbocycles. The van der Waals surface area contributed by atoms with E-state index in [4.69, 9.17) is 16.7 Å². The topological polar surface area (TPSA) is 20.2 Å². The molecule has 1 aromatic heterocycles. The monoisotopic (exact) mass is 230 g/mol. The summed E-state index contributed by atoms with van der Waals surface area (Å²) in [6, 6.07) is 5.73. The molecule has 0 aliphatic rings. The second-order valence-electron chi connectivity index (χ2n) is 2.71. The van der Waals surface area contributed by atoms with E-state index < -0.39 is 0 Å². The van der Waals surface area contributed by atoms with Crippen molar-refractivity contribution < 1.29 is 5.11 Å². The highest BCUT2D eigenvalue weighted by Gasteiger charge is 2.04. The third-order valence-electron chi connectivity index (χ3n) is 1.79. The maximum atomic E-state index is 8.94. The second kappa shape index (κ2) is 3.50. The molecule has 0 bridgehead atoms. The van der Waals surface area contributed by atoms with Crippen molar-refractivity contribution in [1.29, 1.82) is 0 Å². The number of aliphatic hydroxyl groups is 1. The van der Waals surface area contributed by atoms with Crippen molar-refractivity contribution in [3.63, 3.8) is 0 Å². The summed E-state index contributed by atoms with van der Waals surface area (Å²) in [6.07, 6.45) is 0. The maximum Gasteiger partial charge on any atom is 0.0774 e. The molecule has 0 unspecified atom stereocenters. The van der Waals surface area contributed by atoms with E-state index in [-0.39, 0.29) is 6.61 Å². The number of thiol groups is 1. The minimum Gasteiger partial charge on any atom is -0.391 e. The lowest BCUT2D eigenvalue weighted by Gasteiger charge is -1.95. The van der Waals surface area contributed by atoms with Crippen LogP contribution in [0.5, 0.6) is 0 Å². The molecule has 1 N–H and O–H groups in total. The van der Waals surface area contributed by atoms with Crippen LogP contribution >= 0.6 is 35.6 Å². The number of hydrogen-bond acceptors (Lipinski definition) is 3. The SMILES string of the molecule is OCc1cc2cc(Cl)c(S)cc2s1. The lowest BCUT2D eigenvalue weighted by Crippen LogP contribution is -1.70. The van der Waals surface area contributed by atoms with Crippen molar-refractivity contribution in [2.24, 2.45) is 0 Å². The fourth-order valence-electron chi connectivity index (χ4n) is 1.18. The number of aliphatic hydroxyl groups excluding tert-OH is 1. The number of fused-ring (bicyclic) bond motifs is 1. The summed E-state index contributed by atoms with van der Waals surface area (Å²) >= 11 is 11.7. The van der Waals surface area contributed by atoms with Crippen LogP contribution in [-0.4, -0.2) is 5.11 Å². The van der Waals surface area contributed by atoms with Gasteiger partial charge in [0.25, 0.3) is 0 Å². The zero-order valence-corrected chi connectivity index (χ0v) is 9.09. The average molecular weight is 231 g/mol. The molecule has 68 valence electrons. The van der Waals surface area contributed by atoms with Crippen molar-refractivity contribution >= 4 is 45.7 Å². The molecule has 0 radical (unpaired) electrons. The third-order valence-corrected chi connectivity index (χ3v) is 3.69. The molecule has 2 rings (SSSR count). The zero-order chi connectivity index (χ0) is 9.42. The molecular formula is C9H7ClOS2. The molecule has 0 fully saturated rings. The van der Waals surface area contributed by atoms with Gasteiger partial charge in [-0.15, -0.1) is 24.0 Å². The molecule has 0 saturated carbocycles.